The maximum absolute atomic E-state index is 13.2. The van der Waals surface area contributed by atoms with Gasteiger partial charge in [-0.05, 0) is 44.4 Å². The number of aryl methyl sites for hydroxylation is 1. The fraction of sp³-hybridized carbons (Fsp3) is 0.429. The Hall–Kier alpha value is -2.44. The number of ketones is 1. The Morgan fingerprint density at radius 2 is 1.93 bits per heavy atom. The van der Waals surface area contributed by atoms with Gasteiger partial charge in [-0.25, -0.2) is 0 Å². The number of aliphatic hydroxyl groups is 1. The van der Waals surface area contributed by atoms with Crippen LogP contribution in [-0.4, -0.2) is 36.6 Å². The highest BCUT2D eigenvalue weighted by Crippen LogP contribution is 2.42. The van der Waals surface area contributed by atoms with Crippen LogP contribution < -0.4 is 9.80 Å². The topological polar surface area (TPSA) is 75.2 Å². The number of para-hydroxylation sites is 1. The highest BCUT2D eigenvalue weighted by atomic mass is 16.3. The number of amides is 1. The summed E-state index contributed by atoms with van der Waals surface area (Å²) < 4.78 is 5.38. The molecule has 4 rings (SSSR count). The lowest BCUT2D eigenvalue weighted by molar-refractivity contribution is -0.903. The number of rotatable bonds is 5. The molecule has 142 valence electrons. The quantitative estimate of drug-likeness (QED) is 0.782. The van der Waals surface area contributed by atoms with Crippen molar-refractivity contribution in [3.05, 3.63) is 53.5 Å². The number of hydrogen-bond donors (Lipinski definition) is 2. The number of furan rings is 1. The largest absolute Gasteiger partial charge is 0.458 e. The minimum atomic E-state index is -1.84. The SMILES string of the molecule is Cc1ccc(C(=O)C[C@]2(O)C(=O)N(C[NH+]3CCCCC3)c3ccccc32)o1. The van der Waals surface area contributed by atoms with Gasteiger partial charge in [-0.2, -0.15) is 0 Å². The molecule has 2 aromatic rings. The predicted molar refractivity (Wildman–Crippen MR) is 99.6 cm³/mol. The molecule has 1 fully saturated rings. The van der Waals surface area contributed by atoms with Crippen molar-refractivity contribution in [3.8, 4) is 0 Å². The van der Waals surface area contributed by atoms with Crippen LogP contribution in [0.4, 0.5) is 5.69 Å². The lowest BCUT2D eigenvalue weighted by Gasteiger charge is -2.29. The van der Waals surface area contributed by atoms with Crippen molar-refractivity contribution in [1.82, 2.24) is 0 Å². The van der Waals surface area contributed by atoms with Gasteiger partial charge >= 0.3 is 0 Å². The molecule has 1 saturated heterocycles. The van der Waals surface area contributed by atoms with Crippen molar-refractivity contribution < 1.29 is 24.0 Å². The first kappa shape index (κ1) is 17.9. The van der Waals surface area contributed by atoms with Crippen molar-refractivity contribution in [3.63, 3.8) is 0 Å². The summed E-state index contributed by atoms with van der Waals surface area (Å²) in [5.74, 6) is 0.00412. The molecule has 6 heteroatoms. The number of carbonyl (C=O) groups excluding carboxylic acids is 2. The Bertz CT molecular complexity index is 869. The van der Waals surface area contributed by atoms with Gasteiger partial charge in [-0.1, -0.05) is 18.2 Å². The summed E-state index contributed by atoms with van der Waals surface area (Å²) in [6.07, 6.45) is 3.22. The Balaban J connectivity index is 1.62. The van der Waals surface area contributed by atoms with E-state index in [-0.39, 0.29) is 18.0 Å². The van der Waals surface area contributed by atoms with Gasteiger partial charge in [0, 0.05) is 5.56 Å². The highest BCUT2D eigenvalue weighted by molar-refractivity contribution is 6.10. The van der Waals surface area contributed by atoms with Crippen LogP contribution >= 0.6 is 0 Å². The van der Waals surface area contributed by atoms with Gasteiger partial charge < -0.3 is 14.4 Å². The Morgan fingerprint density at radius 3 is 2.63 bits per heavy atom. The van der Waals surface area contributed by atoms with Crippen LogP contribution in [0.3, 0.4) is 0 Å². The van der Waals surface area contributed by atoms with E-state index in [4.69, 9.17) is 4.42 Å². The number of nitrogens with one attached hydrogen (secondary N) is 1. The van der Waals surface area contributed by atoms with Crippen molar-refractivity contribution in [1.29, 1.82) is 0 Å². The monoisotopic (exact) mass is 369 g/mol. The number of fused-ring (bicyclic) bond motifs is 1. The molecule has 27 heavy (non-hydrogen) atoms. The Kier molecular flexibility index (Phi) is 4.61. The van der Waals surface area contributed by atoms with Gasteiger partial charge in [-0.3, -0.25) is 14.5 Å². The summed E-state index contributed by atoms with van der Waals surface area (Å²) in [6.45, 7) is 4.32. The molecule has 2 N–H and O–H groups in total. The number of nitrogens with zero attached hydrogens (tertiary/aromatic N) is 1. The molecule has 1 aromatic heterocycles. The van der Waals surface area contributed by atoms with E-state index in [9.17, 15) is 14.7 Å². The number of benzene rings is 1. The van der Waals surface area contributed by atoms with Crippen LogP contribution in [0.5, 0.6) is 0 Å². The molecule has 3 heterocycles. The Morgan fingerprint density at radius 1 is 1.19 bits per heavy atom. The standard InChI is InChI=1S/C21H24N2O4/c1-15-9-10-19(27-15)18(24)13-21(26)16-7-3-4-8-17(16)23(20(21)25)14-22-11-5-2-6-12-22/h3-4,7-10,26H,2,5-6,11-14H2,1H3/p+1/t21-/m1/s1. The molecule has 0 unspecified atom stereocenters. The number of likely N-dealkylation sites (tertiary alicyclic amines) is 1. The number of anilines is 1. The van der Waals surface area contributed by atoms with Crippen LogP contribution in [0.2, 0.25) is 0 Å². The third-order valence-electron chi connectivity index (χ3n) is 5.61. The maximum atomic E-state index is 13.2. The molecule has 1 amide bonds. The molecule has 0 bridgehead atoms. The number of piperidine rings is 1. The number of hydrogen-bond acceptors (Lipinski definition) is 4. The molecule has 1 aromatic carbocycles. The lowest BCUT2D eigenvalue weighted by Crippen LogP contribution is -3.14. The van der Waals surface area contributed by atoms with E-state index < -0.39 is 11.5 Å². The van der Waals surface area contributed by atoms with E-state index in [1.165, 1.54) is 11.3 Å². The van der Waals surface area contributed by atoms with E-state index in [0.29, 0.717) is 23.7 Å². The molecule has 6 nitrogen and oxygen atoms in total. The second kappa shape index (κ2) is 6.94. The fourth-order valence-electron chi connectivity index (χ4n) is 4.17. The zero-order chi connectivity index (χ0) is 19.0. The summed E-state index contributed by atoms with van der Waals surface area (Å²) in [7, 11) is 0. The zero-order valence-electron chi connectivity index (χ0n) is 15.5. The predicted octanol–water partition coefficient (Wildman–Crippen LogP) is 1.42. The third-order valence-corrected chi connectivity index (χ3v) is 5.61. The number of Topliss-reactive ketones (excluding diaryl/α,β-unsaturated/α-hetero) is 1. The third kappa shape index (κ3) is 3.19. The van der Waals surface area contributed by atoms with Gasteiger partial charge in [0.15, 0.2) is 18.0 Å². The molecule has 0 saturated carbocycles. The van der Waals surface area contributed by atoms with Gasteiger partial charge in [0.05, 0.1) is 25.2 Å². The van der Waals surface area contributed by atoms with Crippen molar-refractivity contribution in [2.24, 2.45) is 0 Å². The first-order chi connectivity index (χ1) is 13.0. The van der Waals surface area contributed by atoms with E-state index >= 15 is 0 Å². The van der Waals surface area contributed by atoms with Gasteiger partial charge in [0.1, 0.15) is 5.76 Å². The zero-order valence-corrected chi connectivity index (χ0v) is 15.5. The second-order valence-corrected chi connectivity index (χ2v) is 7.59. The summed E-state index contributed by atoms with van der Waals surface area (Å²) in [4.78, 5) is 28.8. The summed E-state index contributed by atoms with van der Waals surface area (Å²) in [5.41, 5.74) is -0.640. The summed E-state index contributed by atoms with van der Waals surface area (Å²) in [5, 5.41) is 11.3. The van der Waals surface area contributed by atoms with Gasteiger partial charge in [0.25, 0.3) is 5.91 Å². The molecule has 0 aliphatic carbocycles. The minimum Gasteiger partial charge on any atom is -0.458 e. The van der Waals surface area contributed by atoms with Gasteiger partial charge in [0.2, 0.25) is 5.78 Å². The first-order valence-electron chi connectivity index (χ1n) is 9.56. The maximum Gasteiger partial charge on any atom is 0.268 e. The Labute approximate surface area is 158 Å². The normalized spacial score (nSPS) is 22.9. The second-order valence-electron chi connectivity index (χ2n) is 7.59. The summed E-state index contributed by atoms with van der Waals surface area (Å²) in [6, 6.07) is 10.5. The smallest absolute Gasteiger partial charge is 0.268 e. The molecule has 1 atom stereocenters. The first-order valence-corrected chi connectivity index (χ1v) is 9.56. The molecular weight excluding hydrogens is 344 g/mol. The average Bonchev–Trinajstić information content (AvgIpc) is 3.20. The average molecular weight is 369 g/mol. The molecule has 2 aliphatic rings. The van der Waals surface area contributed by atoms with Crippen molar-refractivity contribution in [2.75, 3.05) is 24.7 Å². The molecular formula is C21H25N2O4+. The minimum absolute atomic E-state index is 0.173. The van der Waals surface area contributed by atoms with Gasteiger partial charge in [-0.15, -0.1) is 0 Å². The van der Waals surface area contributed by atoms with Crippen molar-refractivity contribution >= 4 is 17.4 Å². The lowest BCUT2D eigenvalue weighted by atomic mass is 9.89. The van der Waals surface area contributed by atoms with E-state index in [2.05, 4.69) is 0 Å². The van der Waals surface area contributed by atoms with E-state index in [1.807, 2.05) is 12.1 Å². The molecule has 2 aliphatic heterocycles. The number of quaternary nitrogens is 1. The van der Waals surface area contributed by atoms with Crippen molar-refractivity contribution in [2.45, 2.75) is 38.2 Å². The van der Waals surface area contributed by atoms with Crippen LogP contribution in [0, 0.1) is 6.92 Å². The molecule has 0 radical (unpaired) electrons. The highest BCUT2D eigenvalue weighted by Gasteiger charge is 2.52. The number of carbonyl (C=O) groups is 2. The van der Waals surface area contributed by atoms with E-state index in [0.717, 1.165) is 25.9 Å². The summed E-state index contributed by atoms with van der Waals surface area (Å²) >= 11 is 0. The molecule has 0 spiro atoms. The van der Waals surface area contributed by atoms with Crippen LogP contribution in [0.25, 0.3) is 0 Å². The van der Waals surface area contributed by atoms with Crippen LogP contribution in [0.15, 0.2) is 40.8 Å². The van der Waals surface area contributed by atoms with Crippen LogP contribution in [0.1, 0.15) is 47.6 Å². The fourth-order valence-corrected chi connectivity index (χ4v) is 4.17. The van der Waals surface area contributed by atoms with E-state index in [1.54, 1.807) is 36.1 Å². The van der Waals surface area contributed by atoms with Crippen LogP contribution in [-0.2, 0) is 10.4 Å².